The van der Waals surface area contributed by atoms with Crippen LogP contribution in [0.3, 0.4) is 0 Å². The molecule has 1 atom stereocenters. The topological polar surface area (TPSA) is 76.1 Å². The van der Waals surface area contributed by atoms with E-state index >= 15 is 0 Å². The lowest BCUT2D eigenvalue weighted by Gasteiger charge is -2.12. The van der Waals surface area contributed by atoms with Crippen molar-refractivity contribution in [3.8, 4) is 0 Å². The summed E-state index contributed by atoms with van der Waals surface area (Å²) < 4.78 is 4.94. The SMILES string of the molecule is CCNc1cncc(C(=O)NC(C)COC)n1. The van der Waals surface area contributed by atoms with Crippen LogP contribution >= 0.6 is 0 Å². The Bertz CT molecular complexity index is 370. The van der Waals surface area contributed by atoms with Crippen molar-refractivity contribution >= 4 is 11.7 Å². The van der Waals surface area contributed by atoms with E-state index in [1.54, 1.807) is 13.3 Å². The van der Waals surface area contributed by atoms with Crippen LogP contribution in [0, 0.1) is 0 Å². The van der Waals surface area contributed by atoms with E-state index < -0.39 is 0 Å². The fourth-order valence-electron chi connectivity index (χ4n) is 1.33. The molecule has 1 aromatic rings. The molecule has 0 aliphatic rings. The third-order valence-corrected chi connectivity index (χ3v) is 2.02. The fraction of sp³-hybridized carbons (Fsp3) is 0.545. The summed E-state index contributed by atoms with van der Waals surface area (Å²) in [6.45, 7) is 5.02. The van der Waals surface area contributed by atoms with Gasteiger partial charge < -0.3 is 15.4 Å². The number of nitrogens with one attached hydrogen (secondary N) is 2. The molecule has 94 valence electrons. The highest BCUT2D eigenvalue weighted by Gasteiger charge is 2.11. The Labute approximate surface area is 101 Å². The molecule has 0 saturated carbocycles. The van der Waals surface area contributed by atoms with Gasteiger partial charge >= 0.3 is 0 Å². The summed E-state index contributed by atoms with van der Waals surface area (Å²) >= 11 is 0. The molecule has 0 saturated heterocycles. The molecule has 0 radical (unpaired) electrons. The molecule has 0 aliphatic heterocycles. The number of carbonyl (C=O) groups is 1. The average Bonchev–Trinajstić information content (AvgIpc) is 2.30. The highest BCUT2D eigenvalue weighted by molar-refractivity contribution is 5.92. The number of anilines is 1. The third kappa shape index (κ3) is 4.36. The fourth-order valence-corrected chi connectivity index (χ4v) is 1.33. The summed E-state index contributed by atoms with van der Waals surface area (Å²) in [5, 5.41) is 5.78. The molecule has 1 rings (SSSR count). The lowest BCUT2D eigenvalue weighted by molar-refractivity contribution is 0.0900. The number of amides is 1. The molecule has 2 N–H and O–H groups in total. The quantitative estimate of drug-likeness (QED) is 0.762. The van der Waals surface area contributed by atoms with E-state index in [0.717, 1.165) is 6.54 Å². The summed E-state index contributed by atoms with van der Waals surface area (Å²) in [5.41, 5.74) is 0.298. The average molecular weight is 238 g/mol. The molecule has 1 heterocycles. The van der Waals surface area contributed by atoms with Gasteiger partial charge in [-0.05, 0) is 13.8 Å². The second kappa shape index (κ2) is 6.80. The number of ether oxygens (including phenoxy) is 1. The maximum Gasteiger partial charge on any atom is 0.271 e. The van der Waals surface area contributed by atoms with Crippen LogP contribution in [0.25, 0.3) is 0 Å². The molecule has 1 amide bonds. The van der Waals surface area contributed by atoms with Gasteiger partial charge in [-0.15, -0.1) is 0 Å². The molecule has 6 nitrogen and oxygen atoms in total. The van der Waals surface area contributed by atoms with Gasteiger partial charge in [0, 0.05) is 19.7 Å². The molecule has 1 aromatic heterocycles. The van der Waals surface area contributed by atoms with Crippen LogP contribution in [-0.2, 0) is 4.74 Å². The first-order valence-corrected chi connectivity index (χ1v) is 5.53. The highest BCUT2D eigenvalue weighted by atomic mass is 16.5. The van der Waals surface area contributed by atoms with E-state index in [9.17, 15) is 4.79 Å². The van der Waals surface area contributed by atoms with Crippen molar-refractivity contribution in [1.82, 2.24) is 15.3 Å². The van der Waals surface area contributed by atoms with Crippen LogP contribution in [0.15, 0.2) is 12.4 Å². The maximum absolute atomic E-state index is 11.8. The van der Waals surface area contributed by atoms with E-state index in [1.807, 2.05) is 13.8 Å². The van der Waals surface area contributed by atoms with Crippen molar-refractivity contribution in [3.63, 3.8) is 0 Å². The van der Waals surface area contributed by atoms with Crippen LogP contribution in [-0.4, -0.2) is 42.2 Å². The number of carbonyl (C=O) groups excluding carboxylic acids is 1. The second-order valence-corrected chi connectivity index (χ2v) is 3.65. The van der Waals surface area contributed by atoms with Gasteiger partial charge in [0.1, 0.15) is 11.5 Å². The van der Waals surface area contributed by atoms with Gasteiger partial charge in [-0.1, -0.05) is 0 Å². The Kier molecular flexibility index (Phi) is 5.35. The number of nitrogens with zero attached hydrogens (tertiary/aromatic N) is 2. The molecule has 0 spiro atoms. The molecule has 0 aromatic carbocycles. The molecular formula is C11H18N4O2. The summed E-state index contributed by atoms with van der Waals surface area (Å²) in [4.78, 5) is 19.9. The lowest BCUT2D eigenvalue weighted by atomic mass is 10.3. The molecule has 6 heteroatoms. The molecule has 0 fully saturated rings. The minimum atomic E-state index is -0.248. The predicted octanol–water partition coefficient (Wildman–Crippen LogP) is 0.673. The van der Waals surface area contributed by atoms with E-state index in [-0.39, 0.29) is 11.9 Å². The van der Waals surface area contributed by atoms with E-state index in [0.29, 0.717) is 18.1 Å². The minimum Gasteiger partial charge on any atom is -0.383 e. The van der Waals surface area contributed by atoms with Gasteiger partial charge in [-0.25, -0.2) is 4.98 Å². The maximum atomic E-state index is 11.8. The molecule has 0 bridgehead atoms. The molecule has 17 heavy (non-hydrogen) atoms. The molecule has 0 aliphatic carbocycles. The van der Waals surface area contributed by atoms with Gasteiger partial charge in [-0.2, -0.15) is 0 Å². The van der Waals surface area contributed by atoms with Gasteiger partial charge in [0.05, 0.1) is 19.0 Å². The van der Waals surface area contributed by atoms with Crippen LogP contribution in [0.2, 0.25) is 0 Å². The summed E-state index contributed by atoms with van der Waals surface area (Å²) in [6.07, 6.45) is 3.02. The zero-order valence-electron chi connectivity index (χ0n) is 10.4. The number of rotatable bonds is 6. The van der Waals surface area contributed by atoms with E-state index in [1.165, 1.54) is 6.20 Å². The van der Waals surface area contributed by atoms with Gasteiger partial charge in [0.15, 0.2) is 0 Å². The predicted molar refractivity (Wildman–Crippen MR) is 65.0 cm³/mol. The summed E-state index contributed by atoms with van der Waals surface area (Å²) in [5.74, 6) is 0.348. The zero-order chi connectivity index (χ0) is 12.7. The Hall–Kier alpha value is -1.69. The highest BCUT2D eigenvalue weighted by Crippen LogP contribution is 2.02. The number of aromatic nitrogens is 2. The van der Waals surface area contributed by atoms with Crippen molar-refractivity contribution in [2.24, 2.45) is 0 Å². The van der Waals surface area contributed by atoms with Gasteiger partial charge in [0.2, 0.25) is 0 Å². The van der Waals surface area contributed by atoms with Crippen LogP contribution in [0.1, 0.15) is 24.3 Å². The minimum absolute atomic E-state index is 0.0582. The Balaban J connectivity index is 2.65. The Morgan fingerprint density at radius 2 is 2.29 bits per heavy atom. The summed E-state index contributed by atoms with van der Waals surface area (Å²) in [6, 6.07) is -0.0582. The standard InChI is InChI=1S/C11H18N4O2/c1-4-13-10-6-12-5-9(15-10)11(16)14-8(2)7-17-3/h5-6,8H,4,7H2,1-3H3,(H,13,15)(H,14,16). The monoisotopic (exact) mass is 238 g/mol. The van der Waals surface area contributed by atoms with Crippen LogP contribution < -0.4 is 10.6 Å². The van der Waals surface area contributed by atoms with E-state index in [2.05, 4.69) is 20.6 Å². The number of hydrogen-bond donors (Lipinski definition) is 2. The first kappa shape index (κ1) is 13.4. The Morgan fingerprint density at radius 1 is 1.53 bits per heavy atom. The summed E-state index contributed by atoms with van der Waals surface area (Å²) in [7, 11) is 1.59. The lowest BCUT2D eigenvalue weighted by Crippen LogP contribution is -2.36. The van der Waals surface area contributed by atoms with E-state index in [4.69, 9.17) is 4.74 Å². The van der Waals surface area contributed by atoms with Crippen molar-refractivity contribution in [2.45, 2.75) is 19.9 Å². The van der Waals surface area contributed by atoms with Crippen LogP contribution in [0.5, 0.6) is 0 Å². The largest absolute Gasteiger partial charge is 0.383 e. The zero-order valence-corrected chi connectivity index (χ0v) is 10.4. The first-order chi connectivity index (χ1) is 8.17. The van der Waals surface area contributed by atoms with Gasteiger partial charge in [-0.3, -0.25) is 9.78 Å². The van der Waals surface area contributed by atoms with Crippen molar-refractivity contribution in [2.75, 3.05) is 25.6 Å². The molecule has 1 unspecified atom stereocenters. The number of methoxy groups -OCH3 is 1. The second-order valence-electron chi connectivity index (χ2n) is 3.65. The van der Waals surface area contributed by atoms with Gasteiger partial charge in [0.25, 0.3) is 5.91 Å². The van der Waals surface area contributed by atoms with Crippen molar-refractivity contribution < 1.29 is 9.53 Å². The smallest absolute Gasteiger partial charge is 0.271 e. The van der Waals surface area contributed by atoms with Crippen molar-refractivity contribution in [1.29, 1.82) is 0 Å². The normalized spacial score (nSPS) is 11.9. The number of hydrogen-bond acceptors (Lipinski definition) is 5. The first-order valence-electron chi connectivity index (χ1n) is 5.53. The third-order valence-electron chi connectivity index (χ3n) is 2.02. The van der Waals surface area contributed by atoms with Crippen molar-refractivity contribution in [3.05, 3.63) is 18.1 Å². The van der Waals surface area contributed by atoms with Crippen LogP contribution in [0.4, 0.5) is 5.82 Å². The molecular weight excluding hydrogens is 220 g/mol. The Morgan fingerprint density at radius 3 is 2.94 bits per heavy atom.